The summed E-state index contributed by atoms with van der Waals surface area (Å²) >= 11 is 0. The average molecular weight is 921 g/mol. The maximum atomic E-state index is 14.2. The zero-order valence-corrected chi connectivity index (χ0v) is 40.7. The number of amides is 6. The van der Waals surface area contributed by atoms with Gasteiger partial charge in [0.25, 0.3) is 0 Å². The quantitative estimate of drug-likeness (QED) is 0.0960. The number of fused-ring (bicyclic) bond motifs is 2. The maximum Gasteiger partial charge on any atom is 0.250 e. The van der Waals surface area contributed by atoms with Crippen molar-refractivity contribution in [2.75, 3.05) is 27.2 Å². The zero-order chi connectivity index (χ0) is 48.3. The Hall–Kier alpha value is -5.60. The Labute approximate surface area is 398 Å². The van der Waals surface area contributed by atoms with Crippen molar-refractivity contribution in [1.82, 2.24) is 41.7 Å². The van der Waals surface area contributed by atoms with E-state index in [1.54, 1.807) is 25.9 Å². The van der Waals surface area contributed by atoms with Crippen LogP contribution in [-0.4, -0.2) is 104 Å². The van der Waals surface area contributed by atoms with Crippen LogP contribution in [0.4, 0.5) is 0 Å². The second-order valence-electron chi connectivity index (χ2n) is 18.6. The second-order valence-corrected chi connectivity index (χ2v) is 18.6. The number of nitrogens with one attached hydrogen (secondary N) is 6. The number of carbonyl (C=O) groups excluding carboxylic acids is 6. The van der Waals surface area contributed by atoms with Crippen LogP contribution < -0.4 is 31.9 Å². The van der Waals surface area contributed by atoms with Crippen molar-refractivity contribution in [2.45, 2.75) is 160 Å². The summed E-state index contributed by atoms with van der Waals surface area (Å²) in [5.74, 6) is -0.705. The van der Waals surface area contributed by atoms with Crippen molar-refractivity contribution in [3.63, 3.8) is 0 Å². The molecule has 67 heavy (non-hydrogen) atoms. The Morgan fingerprint density at radius 3 is 1.85 bits per heavy atom. The highest BCUT2D eigenvalue weighted by atomic mass is 16.2. The number of benzene rings is 3. The molecular weight excluding hydrogens is 845 g/mol. The topological polar surface area (TPSA) is 181 Å². The lowest BCUT2D eigenvalue weighted by molar-refractivity contribution is -0.142. The molecule has 8 atom stereocenters. The molecule has 2 heterocycles. The number of carbonyl (C=O) groups is 6. The van der Waals surface area contributed by atoms with Crippen molar-refractivity contribution >= 4 is 36.4 Å². The van der Waals surface area contributed by atoms with Gasteiger partial charge in [-0.15, -0.1) is 0 Å². The van der Waals surface area contributed by atoms with Crippen LogP contribution in [0.15, 0.2) is 72.8 Å². The number of likely N-dealkylation sites (tertiary alicyclic amines) is 2. The van der Waals surface area contributed by atoms with Gasteiger partial charge in [0, 0.05) is 25.2 Å². The third-order valence-corrected chi connectivity index (χ3v) is 13.9. The van der Waals surface area contributed by atoms with E-state index in [0.717, 1.165) is 88.3 Å². The molecule has 0 spiro atoms. The van der Waals surface area contributed by atoms with Gasteiger partial charge in [0.05, 0.1) is 24.2 Å². The predicted octanol–water partition coefficient (Wildman–Crippen LogP) is 5.51. The molecule has 6 amide bonds. The summed E-state index contributed by atoms with van der Waals surface area (Å²) in [5, 5.41) is 18.0. The van der Waals surface area contributed by atoms with E-state index in [0.29, 0.717) is 24.6 Å². The molecule has 0 bridgehead atoms. The van der Waals surface area contributed by atoms with Gasteiger partial charge in [-0.25, -0.2) is 0 Å². The van der Waals surface area contributed by atoms with Crippen molar-refractivity contribution in [3.05, 3.63) is 106 Å². The van der Waals surface area contributed by atoms with Gasteiger partial charge in [0.2, 0.25) is 36.4 Å². The standard InChI is InChI=1S/C36H52N6O4.C11H13NO.C6H11NO/c1-23(39-33(43)24(2)37-4)11-8-12-26-18-20-28(21-19-26)32(41-34(44)25(3)38-5)36(46)42-22-10-17-31(42)35(45)40-30-16-9-14-27-13-6-7-15-29(27)30;13-8-12-11-7-3-5-9-4-1-2-6-10(9)11;1-6-3-2-4-7(6)5-8/h6-7,13,15,18-21,23-25,30-32,37-38H,8-12,14,16-17,22H2,1-5H3,(H,39,43)(H,40,45)(H,41,44);1-2,4,6,8,11H,3,5,7H2,(H,12,13);5-6H,2-4H2,1H3. The van der Waals surface area contributed by atoms with Crippen LogP contribution in [0, 0.1) is 0 Å². The van der Waals surface area contributed by atoms with Gasteiger partial charge in [0.1, 0.15) is 12.1 Å². The lowest BCUT2D eigenvalue weighted by Gasteiger charge is -2.32. The molecule has 4 aliphatic rings. The minimum Gasteiger partial charge on any atom is -0.352 e. The highest BCUT2D eigenvalue weighted by Crippen LogP contribution is 2.32. The first kappa shape index (κ1) is 52.4. The second kappa shape index (κ2) is 26.7. The summed E-state index contributed by atoms with van der Waals surface area (Å²) in [4.78, 5) is 77.0. The van der Waals surface area contributed by atoms with Gasteiger partial charge in [-0.2, -0.15) is 0 Å². The molecule has 0 aromatic heterocycles. The number of aryl methyl sites for hydroxylation is 3. The van der Waals surface area contributed by atoms with Crippen LogP contribution in [0.1, 0.15) is 143 Å². The van der Waals surface area contributed by atoms with Gasteiger partial charge in [-0.1, -0.05) is 72.8 Å². The maximum absolute atomic E-state index is 14.2. The van der Waals surface area contributed by atoms with E-state index in [9.17, 15) is 28.8 Å². The fourth-order valence-electron chi connectivity index (χ4n) is 9.51. The molecule has 2 saturated heterocycles. The molecule has 6 N–H and O–H groups in total. The monoisotopic (exact) mass is 921 g/mol. The third kappa shape index (κ3) is 14.9. The summed E-state index contributed by atoms with van der Waals surface area (Å²) in [5.41, 5.74) is 6.89. The first-order valence-electron chi connectivity index (χ1n) is 24.6. The molecule has 2 aliphatic carbocycles. The van der Waals surface area contributed by atoms with Crippen LogP contribution in [0.25, 0.3) is 0 Å². The summed E-state index contributed by atoms with van der Waals surface area (Å²) in [6.07, 6.45) is 14.2. The van der Waals surface area contributed by atoms with E-state index >= 15 is 0 Å². The average Bonchev–Trinajstić information content (AvgIpc) is 4.03. The Morgan fingerprint density at radius 1 is 0.701 bits per heavy atom. The smallest absolute Gasteiger partial charge is 0.250 e. The molecule has 14 nitrogen and oxygen atoms in total. The first-order chi connectivity index (χ1) is 32.4. The number of nitrogens with zero attached hydrogens (tertiary/aromatic N) is 2. The molecule has 2 fully saturated rings. The molecule has 7 rings (SSSR count). The van der Waals surface area contributed by atoms with Crippen LogP contribution >= 0.6 is 0 Å². The van der Waals surface area contributed by atoms with E-state index < -0.39 is 18.1 Å². The van der Waals surface area contributed by atoms with Crippen LogP contribution in [-0.2, 0) is 48.0 Å². The minimum atomic E-state index is -0.912. The molecule has 8 unspecified atom stereocenters. The number of hydrogen-bond donors (Lipinski definition) is 6. The third-order valence-electron chi connectivity index (χ3n) is 13.9. The Balaban J connectivity index is 0.000000323. The highest BCUT2D eigenvalue weighted by Gasteiger charge is 2.39. The molecule has 3 aromatic rings. The number of rotatable bonds is 17. The van der Waals surface area contributed by atoms with Crippen molar-refractivity contribution in [3.8, 4) is 0 Å². The predicted molar refractivity (Wildman–Crippen MR) is 263 cm³/mol. The van der Waals surface area contributed by atoms with Gasteiger partial charge in [-0.3, -0.25) is 28.8 Å². The Bertz CT molecular complexity index is 2080. The van der Waals surface area contributed by atoms with Crippen LogP contribution in [0.5, 0.6) is 0 Å². The molecule has 0 saturated carbocycles. The molecule has 0 radical (unpaired) electrons. The van der Waals surface area contributed by atoms with Gasteiger partial charge >= 0.3 is 0 Å². The van der Waals surface area contributed by atoms with Crippen molar-refractivity contribution in [1.29, 1.82) is 0 Å². The van der Waals surface area contributed by atoms with Crippen LogP contribution in [0.2, 0.25) is 0 Å². The van der Waals surface area contributed by atoms with Gasteiger partial charge in [0.15, 0.2) is 0 Å². The zero-order valence-electron chi connectivity index (χ0n) is 40.7. The van der Waals surface area contributed by atoms with Crippen molar-refractivity contribution in [2.24, 2.45) is 0 Å². The number of hydrogen-bond acceptors (Lipinski definition) is 8. The first-order valence-corrected chi connectivity index (χ1v) is 24.6. The normalized spacial score (nSPS) is 21.2. The van der Waals surface area contributed by atoms with E-state index in [-0.39, 0.29) is 47.8 Å². The molecule has 14 heteroatoms. The SMILES string of the molecule is CC1CCCN1C=O.CNC(C)C(=O)NC(C)CCCc1ccc(C(NC(=O)C(C)NC)C(=O)N2CCCC2C(=O)NC2CCCc3ccccc32)cc1.O=CNC1CCCc2ccccc21. The van der Waals surface area contributed by atoms with Gasteiger partial charge in [-0.05, 0) is 159 Å². The Kier molecular flexibility index (Phi) is 20.8. The van der Waals surface area contributed by atoms with E-state index in [4.69, 9.17) is 0 Å². The van der Waals surface area contributed by atoms with Crippen LogP contribution in [0.3, 0.4) is 0 Å². The summed E-state index contributed by atoms with van der Waals surface area (Å²) < 4.78 is 0. The minimum absolute atomic E-state index is 0.0123. The van der Waals surface area contributed by atoms with E-state index in [2.05, 4.69) is 69.2 Å². The molecule has 364 valence electrons. The van der Waals surface area contributed by atoms with E-state index in [1.807, 2.05) is 61.2 Å². The number of likely N-dealkylation sites (N-methyl/N-ethyl adjacent to an activating group) is 2. The fourth-order valence-corrected chi connectivity index (χ4v) is 9.51. The fraction of sp³-hybridized carbons (Fsp3) is 0.547. The summed E-state index contributed by atoms with van der Waals surface area (Å²) in [7, 11) is 3.47. The lowest BCUT2D eigenvalue weighted by Crippen LogP contribution is -2.52. The highest BCUT2D eigenvalue weighted by molar-refractivity contribution is 5.94. The summed E-state index contributed by atoms with van der Waals surface area (Å²) in [6.45, 7) is 9.10. The summed E-state index contributed by atoms with van der Waals surface area (Å²) in [6, 6.07) is 22.9. The molecule has 2 aliphatic heterocycles. The van der Waals surface area contributed by atoms with Crippen molar-refractivity contribution < 1.29 is 28.8 Å². The largest absolute Gasteiger partial charge is 0.352 e. The van der Waals surface area contributed by atoms with Gasteiger partial charge < -0.3 is 41.7 Å². The van der Waals surface area contributed by atoms with E-state index in [1.165, 1.54) is 36.0 Å². The Morgan fingerprint density at radius 2 is 1.28 bits per heavy atom. The molecule has 3 aromatic carbocycles. The molecular formula is C53H76N8O6. The lowest BCUT2D eigenvalue weighted by atomic mass is 9.87.